The molecule has 2 nitrogen and oxygen atoms in total. The normalized spacial score (nSPS) is 19.0. The molecular formula is C18H35O2Si. The molecule has 1 aliphatic carbocycles. The zero-order valence-corrected chi connectivity index (χ0v) is 15.4. The van der Waals surface area contributed by atoms with Gasteiger partial charge in [0.25, 0.3) is 0 Å². The van der Waals surface area contributed by atoms with Gasteiger partial charge in [0, 0.05) is 13.2 Å². The van der Waals surface area contributed by atoms with Crippen LogP contribution in [-0.2, 0) is 8.85 Å². The van der Waals surface area contributed by atoms with Crippen LogP contribution in [0.3, 0.4) is 0 Å². The lowest BCUT2D eigenvalue weighted by Gasteiger charge is -2.18. The van der Waals surface area contributed by atoms with Crippen LogP contribution in [0.1, 0.15) is 78.1 Å². The van der Waals surface area contributed by atoms with Crippen molar-refractivity contribution in [1.29, 1.82) is 0 Å². The molecular weight excluding hydrogens is 276 g/mol. The number of hydrogen-bond acceptors (Lipinski definition) is 2. The van der Waals surface area contributed by atoms with E-state index in [0.29, 0.717) is 0 Å². The highest BCUT2D eigenvalue weighted by atomic mass is 28.3. The molecule has 0 bridgehead atoms. The number of hydrogen-bond donors (Lipinski definition) is 0. The fraction of sp³-hybridized carbons (Fsp3) is 0.889. The summed E-state index contributed by atoms with van der Waals surface area (Å²) in [6.45, 7) is 4.55. The summed E-state index contributed by atoms with van der Waals surface area (Å²) in [7, 11) is 0.685. The molecule has 1 rings (SSSR count). The predicted molar refractivity (Wildman–Crippen MR) is 92.3 cm³/mol. The van der Waals surface area contributed by atoms with Crippen molar-refractivity contribution in [2.75, 3.05) is 7.11 Å². The zero-order chi connectivity index (χ0) is 15.3. The third-order valence-corrected chi connectivity index (χ3v) is 6.44. The lowest BCUT2D eigenvalue weighted by molar-refractivity contribution is 0.290. The van der Waals surface area contributed by atoms with E-state index in [9.17, 15) is 0 Å². The minimum Gasteiger partial charge on any atom is -0.525 e. The maximum Gasteiger partial charge on any atom is 0.457 e. The molecule has 1 atom stereocenters. The van der Waals surface area contributed by atoms with Crippen LogP contribution in [0, 0.1) is 11.8 Å². The van der Waals surface area contributed by atoms with Crippen molar-refractivity contribution in [3.05, 3.63) is 12.3 Å². The summed E-state index contributed by atoms with van der Waals surface area (Å²) in [4.78, 5) is 0. The summed E-state index contributed by atoms with van der Waals surface area (Å²) in [6, 6.07) is 1.12. The third-order valence-electron chi connectivity index (χ3n) is 4.68. The first-order valence-electron chi connectivity index (χ1n) is 9.03. The van der Waals surface area contributed by atoms with E-state index in [1.165, 1.54) is 64.2 Å². The predicted octanol–water partition coefficient (Wildman–Crippen LogP) is 5.84. The second-order valence-corrected chi connectivity index (χ2v) is 8.19. The molecule has 1 aliphatic rings. The molecule has 0 heterocycles. The van der Waals surface area contributed by atoms with Crippen LogP contribution < -0.4 is 0 Å². The van der Waals surface area contributed by atoms with Crippen LogP contribution in [0.2, 0.25) is 6.04 Å². The van der Waals surface area contributed by atoms with Crippen LogP contribution in [0.5, 0.6) is 0 Å². The van der Waals surface area contributed by atoms with Crippen molar-refractivity contribution in [2.24, 2.45) is 11.8 Å². The summed E-state index contributed by atoms with van der Waals surface area (Å²) in [6.07, 6.45) is 17.7. The first-order chi connectivity index (χ1) is 10.3. The van der Waals surface area contributed by atoms with Gasteiger partial charge in [-0.25, -0.2) is 0 Å². The molecule has 21 heavy (non-hydrogen) atoms. The second-order valence-electron chi connectivity index (χ2n) is 6.39. The van der Waals surface area contributed by atoms with E-state index >= 15 is 0 Å². The van der Waals surface area contributed by atoms with Crippen molar-refractivity contribution >= 4 is 9.28 Å². The number of unbranched alkanes of at least 4 members (excludes halogenated alkanes) is 1. The zero-order valence-electron chi connectivity index (χ0n) is 14.4. The van der Waals surface area contributed by atoms with E-state index in [0.717, 1.165) is 17.9 Å². The van der Waals surface area contributed by atoms with Gasteiger partial charge in [-0.1, -0.05) is 65.2 Å². The first kappa shape index (κ1) is 18.8. The van der Waals surface area contributed by atoms with E-state index in [2.05, 4.69) is 19.9 Å². The van der Waals surface area contributed by atoms with Crippen LogP contribution in [0.4, 0.5) is 0 Å². The van der Waals surface area contributed by atoms with E-state index in [-0.39, 0.29) is 0 Å². The van der Waals surface area contributed by atoms with Crippen LogP contribution in [-0.4, -0.2) is 16.4 Å². The molecule has 0 amide bonds. The highest BCUT2D eigenvalue weighted by Gasteiger charge is 2.20. The average molecular weight is 312 g/mol. The SMILES string of the molecule is CCCCC(CC)C[Si](OC)OC=CC1CCCCCC1. The van der Waals surface area contributed by atoms with Crippen LogP contribution in [0.15, 0.2) is 12.3 Å². The first-order valence-corrected chi connectivity index (χ1v) is 10.6. The fourth-order valence-corrected chi connectivity index (χ4v) is 4.64. The summed E-state index contributed by atoms with van der Waals surface area (Å²) in [5.41, 5.74) is 0. The van der Waals surface area contributed by atoms with Gasteiger partial charge in [0.05, 0.1) is 6.26 Å². The minimum atomic E-state index is -1.12. The fourth-order valence-electron chi connectivity index (χ4n) is 3.09. The monoisotopic (exact) mass is 311 g/mol. The number of allylic oxidation sites excluding steroid dienone is 1. The van der Waals surface area contributed by atoms with Gasteiger partial charge >= 0.3 is 9.28 Å². The Hall–Kier alpha value is -0.283. The Morgan fingerprint density at radius 2 is 1.86 bits per heavy atom. The summed E-state index contributed by atoms with van der Waals surface area (Å²) in [5, 5.41) is 0. The van der Waals surface area contributed by atoms with E-state index in [1.54, 1.807) is 7.11 Å². The van der Waals surface area contributed by atoms with Crippen molar-refractivity contribution in [2.45, 2.75) is 84.1 Å². The molecule has 1 fully saturated rings. The minimum absolute atomic E-state index is 0.731. The molecule has 0 aromatic carbocycles. The van der Waals surface area contributed by atoms with Gasteiger partial charge in [-0.05, 0) is 30.8 Å². The molecule has 0 spiro atoms. The quantitative estimate of drug-likeness (QED) is 0.287. The maximum atomic E-state index is 5.95. The standard InChI is InChI=1S/C18H35O2Si/c1-4-6-11-17(5-2)16-21(19-3)20-15-14-18-12-9-7-8-10-13-18/h14-15,17-18H,4-13,16H2,1-3H3. The molecule has 0 saturated heterocycles. The molecule has 0 aromatic rings. The molecule has 1 radical (unpaired) electrons. The second kappa shape index (κ2) is 12.3. The van der Waals surface area contributed by atoms with Gasteiger partial charge in [-0.2, -0.15) is 0 Å². The van der Waals surface area contributed by atoms with Gasteiger partial charge in [0.1, 0.15) is 0 Å². The van der Waals surface area contributed by atoms with Crippen molar-refractivity contribution in [1.82, 2.24) is 0 Å². The largest absolute Gasteiger partial charge is 0.525 e. The molecule has 123 valence electrons. The smallest absolute Gasteiger partial charge is 0.457 e. The highest BCUT2D eigenvalue weighted by molar-refractivity contribution is 6.44. The Morgan fingerprint density at radius 1 is 1.14 bits per heavy atom. The van der Waals surface area contributed by atoms with Crippen LogP contribution in [0.25, 0.3) is 0 Å². The Morgan fingerprint density at radius 3 is 2.43 bits per heavy atom. The van der Waals surface area contributed by atoms with Crippen molar-refractivity contribution in [3.8, 4) is 0 Å². The van der Waals surface area contributed by atoms with Gasteiger partial charge in [0.2, 0.25) is 0 Å². The van der Waals surface area contributed by atoms with Crippen molar-refractivity contribution in [3.63, 3.8) is 0 Å². The van der Waals surface area contributed by atoms with Gasteiger partial charge in [-0.3, -0.25) is 0 Å². The molecule has 3 heteroatoms. The van der Waals surface area contributed by atoms with Crippen molar-refractivity contribution < 1.29 is 8.85 Å². The molecule has 0 aliphatic heterocycles. The summed E-state index contributed by atoms with van der Waals surface area (Å²) >= 11 is 0. The molecule has 1 unspecified atom stereocenters. The Bertz CT molecular complexity index is 260. The summed E-state index contributed by atoms with van der Waals surface area (Å²) in [5.74, 6) is 1.50. The number of rotatable bonds is 10. The Kier molecular flexibility index (Phi) is 11.0. The van der Waals surface area contributed by atoms with Crippen LogP contribution >= 0.6 is 0 Å². The van der Waals surface area contributed by atoms with E-state index < -0.39 is 9.28 Å². The maximum absolute atomic E-state index is 5.95. The Labute approximate surface area is 134 Å². The topological polar surface area (TPSA) is 18.5 Å². The van der Waals surface area contributed by atoms with E-state index in [4.69, 9.17) is 8.85 Å². The highest BCUT2D eigenvalue weighted by Crippen LogP contribution is 2.24. The van der Waals surface area contributed by atoms with Gasteiger partial charge < -0.3 is 8.85 Å². The molecule has 0 N–H and O–H groups in total. The summed E-state index contributed by atoms with van der Waals surface area (Å²) < 4.78 is 11.6. The third kappa shape index (κ3) is 8.67. The lowest BCUT2D eigenvalue weighted by atomic mass is 10.0. The average Bonchev–Trinajstić information content (AvgIpc) is 2.78. The van der Waals surface area contributed by atoms with Gasteiger partial charge in [-0.15, -0.1) is 0 Å². The van der Waals surface area contributed by atoms with Gasteiger partial charge in [0.15, 0.2) is 0 Å². The van der Waals surface area contributed by atoms with E-state index in [1.807, 2.05) is 6.26 Å². The molecule has 0 aromatic heterocycles. The molecule has 1 saturated carbocycles. The lowest BCUT2D eigenvalue weighted by Crippen LogP contribution is -2.22. The Balaban J connectivity index is 2.31.